The standard InChI is InChI=1S/C9H7N2/c1-7-2-3-8-5-10-6-11-9(8)4-7/h2-5H,1H3. The fourth-order valence-electron chi connectivity index (χ4n) is 1.04. The first-order chi connectivity index (χ1) is 5.36. The van der Waals surface area contributed by atoms with E-state index in [1.807, 2.05) is 25.1 Å². The van der Waals surface area contributed by atoms with E-state index in [0.29, 0.717) is 0 Å². The number of hydrogen-bond donors (Lipinski definition) is 0. The van der Waals surface area contributed by atoms with Gasteiger partial charge in [0.2, 0.25) is 0 Å². The van der Waals surface area contributed by atoms with E-state index in [9.17, 15) is 0 Å². The second-order valence-corrected chi connectivity index (χ2v) is 2.53. The SMILES string of the molecule is Cc1ccc2cn[c]nc2c1. The van der Waals surface area contributed by atoms with Crippen LogP contribution in [-0.2, 0) is 0 Å². The van der Waals surface area contributed by atoms with Gasteiger partial charge in [0.25, 0.3) is 0 Å². The Balaban J connectivity index is 2.83. The lowest BCUT2D eigenvalue weighted by Gasteiger charge is -1.94. The highest BCUT2D eigenvalue weighted by atomic mass is 14.8. The predicted molar refractivity (Wildman–Crippen MR) is 43.1 cm³/mol. The number of hydrogen-bond acceptors (Lipinski definition) is 2. The second-order valence-electron chi connectivity index (χ2n) is 2.53. The first kappa shape index (κ1) is 6.28. The summed E-state index contributed by atoms with van der Waals surface area (Å²) in [5.41, 5.74) is 2.17. The lowest BCUT2D eigenvalue weighted by molar-refractivity contribution is 1.20. The third kappa shape index (κ3) is 1.07. The fraction of sp³-hybridized carbons (Fsp3) is 0.111. The highest BCUT2D eigenvalue weighted by molar-refractivity contribution is 5.77. The van der Waals surface area contributed by atoms with Crippen molar-refractivity contribution in [3.05, 3.63) is 36.3 Å². The zero-order valence-corrected chi connectivity index (χ0v) is 6.20. The maximum Gasteiger partial charge on any atom is 0.198 e. The molecule has 2 rings (SSSR count). The summed E-state index contributed by atoms with van der Waals surface area (Å²) >= 11 is 0. The Kier molecular flexibility index (Phi) is 1.32. The van der Waals surface area contributed by atoms with Crippen LogP contribution in [-0.4, -0.2) is 9.97 Å². The highest BCUT2D eigenvalue weighted by Gasteiger charge is 1.92. The van der Waals surface area contributed by atoms with E-state index >= 15 is 0 Å². The molecule has 53 valence electrons. The molecule has 0 atom stereocenters. The fourth-order valence-corrected chi connectivity index (χ4v) is 1.04. The molecule has 0 saturated heterocycles. The smallest absolute Gasteiger partial charge is 0.198 e. The summed E-state index contributed by atoms with van der Waals surface area (Å²) < 4.78 is 0. The number of aromatic nitrogens is 2. The van der Waals surface area contributed by atoms with Crippen LogP contribution >= 0.6 is 0 Å². The molecule has 0 N–H and O–H groups in total. The number of rotatable bonds is 0. The minimum atomic E-state index is 0.958. The molecule has 1 radical (unpaired) electrons. The molecule has 0 bridgehead atoms. The highest BCUT2D eigenvalue weighted by Crippen LogP contribution is 2.10. The predicted octanol–water partition coefficient (Wildman–Crippen LogP) is 1.74. The quantitative estimate of drug-likeness (QED) is 0.561. The monoisotopic (exact) mass is 143 g/mol. The van der Waals surface area contributed by atoms with Crippen LogP contribution in [0, 0.1) is 13.3 Å². The van der Waals surface area contributed by atoms with Gasteiger partial charge in [-0.2, -0.15) is 0 Å². The van der Waals surface area contributed by atoms with Crippen LogP contribution in [0.5, 0.6) is 0 Å². The van der Waals surface area contributed by atoms with Gasteiger partial charge in [-0.15, -0.1) is 0 Å². The van der Waals surface area contributed by atoms with Crippen molar-refractivity contribution in [3.8, 4) is 0 Å². The molecule has 0 aliphatic carbocycles. The maximum absolute atomic E-state index is 4.01. The minimum absolute atomic E-state index is 0.958. The topological polar surface area (TPSA) is 25.8 Å². The summed E-state index contributed by atoms with van der Waals surface area (Å²) in [6, 6.07) is 6.08. The van der Waals surface area contributed by atoms with Gasteiger partial charge in [-0.25, -0.2) is 9.97 Å². The molecule has 0 amide bonds. The Hall–Kier alpha value is -1.44. The van der Waals surface area contributed by atoms with E-state index in [4.69, 9.17) is 0 Å². The van der Waals surface area contributed by atoms with Gasteiger partial charge in [-0.1, -0.05) is 12.1 Å². The molecular weight excluding hydrogens is 136 g/mol. The molecule has 11 heavy (non-hydrogen) atoms. The summed E-state index contributed by atoms with van der Waals surface area (Å²) in [5.74, 6) is 0. The Labute approximate surface area is 64.9 Å². The van der Waals surface area contributed by atoms with Crippen molar-refractivity contribution < 1.29 is 0 Å². The first-order valence-electron chi connectivity index (χ1n) is 3.46. The van der Waals surface area contributed by atoms with Gasteiger partial charge in [-0.05, 0) is 18.6 Å². The van der Waals surface area contributed by atoms with E-state index in [-0.39, 0.29) is 0 Å². The van der Waals surface area contributed by atoms with E-state index in [0.717, 1.165) is 10.9 Å². The largest absolute Gasteiger partial charge is 0.233 e. The summed E-state index contributed by atoms with van der Waals surface area (Å²) in [7, 11) is 0. The van der Waals surface area contributed by atoms with Crippen molar-refractivity contribution in [2.45, 2.75) is 6.92 Å². The summed E-state index contributed by atoms with van der Waals surface area (Å²) in [4.78, 5) is 7.81. The molecule has 0 fully saturated rings. The van der Waals surface area contributed by atoms with Crippen molar-refractivity contribution in [1.29, 1.82) is 0 Å². The Bertz CT molecular complexity index is 382. The number of nitrogens with zero attached hydrogens (tertiary/aromatic N) is 2. The van der Waals surface area contributed by atoms with E-state index < -0.39 is 0 Å². The number of aryl methyl sites for hydroxylation is 1. The van der Waals surface area contributed by atoms with Crippen LogP contribution in [0.15, 0.2) is 24.4 Å². The lowest BCUT2D eigenvalue weighted by atomic mass is 10.2. The van der Waals surface area contributed by atoms with Crippen LogP contribution in [0.3, 0.4) is 0 Å². The second kappa shape index (κ2) is 2.31. The number of benzene rings is 1. The molecule has 1 heterocycles. The van der Waals surface area contributed by atoms with Crippen LogP contribution in [0.1, 0.15) is 5.56 Å². The van der Waals surface area contributed by atoms with Gasteiger partial charge in [-0.3, -0.25) is 0 Å². The molecule has 2 aromatic rings. The molecule has 1 aromatic carbocycles. The van der Waals surface area contributed by atoms with E-state index in [1.54, 1.807) is 6.20 Å². The van der Waals surface area contributed by atoms with Crippen LogP contribution in [0.25, 0.3) is 10.9 Å². The van der Waals surface area contributed by atoms with Crippen molar-refractivity contribution in [2.75, 3.05) is 0 Å². The van der Waals surface area contributed by atoms with Gasteiger partial charge in [0.05, 0.1) is 5.52 Å². The Morgan fingerprint density at radius 1 is 1.36 bits per heavy atom. The molecule has 1 aromatic heterocycles. The first-order valence-corrected chi connectivity index (χ1v) is 3.46. The molecule has 0 spiro atoms. The van der Waals surface area contributed by atoms with E-state index in [1.165, 1.54) is 5.56 Å². The van der Waals surface area contributed by atoms with Crippen molar-refractivity contribution in [1.82, 2.24) is 9.97 Å². The molecular formula is C9H7N2. The lowest BCUT2D eigenvalue weighted by Crippen LogP contribution is -1.81. The molecule has 0 aliphatic heterocycles. The zero-order valence-electron chi connectivity index (χ0n) is 6.20. The minimum Gasteiger partial charge on any atom is -0.233 e. The Morgan fingerprint density at radius 2 is 2.27 bits per heavy atom. The third-order valence-corrected chi connectivity index (χ3v) is 1.62. The molecule has 0 unspecified atom stereocenters. The maximum atomic E-state index is 4.01. The van der Waals surface area contributed by atoms with Crippen LogP contribution in [0.2, 0.25) is 0 Å². The van der Waals surface area contributed by atoms with Crippen LogP contribution < -0.4 is 0 Å². The normalized spacial score (nSPS) is 10.3. The van der Waals surface area contributed by atoms with Gasteiger partial charge in [0.15, 0.2) is 6.33 Å². The van der Waals surface area contributed by atoms with E-state index in [2.05, 4.69) is 16.3 Å². The van der Waals surface area contributed by atoms with Gasteiger partial charge >= 0.3 is 0 Å². The molecule has 0 saturated carbocycles. The molecule has 0 aliphatic rings. The average molecular weight is 143 g/mol. The molecule has 2 nitrogen and oxygen atoms in total. The summed E-state index contributed by atoms with van der Waals surface area (Å²) in [6.07, 6.45) is 4.33. The van der Waals surface area contributed by atoms with Crippen molar-refractivity contribution >= 4 is 10.9 Å². The van der Waals surface area contributed by atoms with Gasteiger partial charge in [0.1, 0.15) is 0 Å². The van der Waals surface area contributed by atoms with Crippen molar-refractivity contribution in [2.24, 2.45) is 0 Å². The molecule has 2 heteroatoms. The Morgan fingerprint density at radius 3 is 3.18 bits per heavy atom. The number of fused-ring (bicyclic) bond motifs is 1. The van der Waals surface area contributed by atoms with Crippen molar-refractivity contribution in [3.63, 3.8) is 0 Å². The summed E-state index contributed by atoms with van der Waals surface area (Å²) in [6.45, 7) is 2.04. The summed E-state index contributed by atoms with van der Waals surface area (Å²) in [5, 5.41) is 1.06. The van der Waals surface area contributed by atoms with Crippen LogP contribution in [0.4, 0.5) is 0 Å². The third-order valence-electron chi connectivity index (χ3n) is 1.62. The van der Waals surface area contributed by atoms with Gasteiger partial charge < -0.3 is 0 Å². The zero-order chi connectivity index (χ0) is 7.68. The average Bonchev–Trinajstić information content (AvgIpc) is 2.04. The van der Waals surface area contributed by atoms with Gasteiger partial charge in [0, 0.05) is 11.6 Å².